The largest absolute Gasteiger partial charge is 0.493 e. The fourth-order valence-corrected chi connectivity index (χ4v) is 1.53. The molecule has 0 aliphatic rings. The number of hydrogen-bond donors (Lipinski definition) is 1. The first-order valence-electron chi connectivity index (χ1n) is 5.36. The zero-order chi connectivity index (χ0) is 11.4. The molecule has 0 aliphatic carbocycles. The number of benzene rings is 1. The van der Waals surface area contributed by atoms with Crippen molar-refractivity contribution >= 4 is 12.6 Å². The third-order valence-corrected chi connectivity index (χ3v) is 3.32. The molecule has 0 heterocycles. The monoisotopic (exact) mass is 224 g/mol. The van der Waals surface area contributed by atoms with Gasteiger partial charge < -0.3 is 4.74 Å². The van der Waals surface area contributed by atoms with Gasteiger partial charge in [-0.15, -0.1) is 0 Å². The van der Waals surface area contributed by atoms with Crippen molar-refractivity contribution in [3.63, 3.8) is 0 Å². The van der Waals surface area contributed by atoms with E-state index in [4.69, 9.17) is 4.74 Å². The summed E-state index contributed by atoms with van der Waals surface area (Å²) in [4.78, 5) is 0. The van der Waals surface area contributed by atoms with Gasteiger partial charge in [-0.05, 0) is 49.1 Å². The fraction of sp³-hybridized carbons (Fsp3) is 0.538. The van der Waals surface area contributed by atoms with Gasteiger partial charge in [0, 0.05) is 0 Å². The lowest BCUT2D eigenvalue weighted by atomic mass is 10.1. The van der Waals surface area contributed by atoms with Gasteiger partial charge in [0.15, 0.2) is 0 Å². The van der Waals surface area contributed by atoms with Crippen molar-refractivity contribution in [1.82, 2.24) is 0 Å². The summed E-state index contributed by atoms with van der Waals surface area (Å²) in [6, 6.07) is 4.25. The molecular weight excluding hydrogens is 204 g/mol. The SMILES string of the molecule is Cc1ccc(C)c(OCC(C)CS)c1C. The molecule has 1 nitrogen and oxygen atoms in total. The average molecular weight is 224 g/mol. The lowest BCUT2D eigenvalue weighted by Crippen LogP contribution is -2.11. The third-order valence-electron chi connectivity index (χ3n) is 2.70. The topological polar surface area (TPSA) is 9.23 Å². The summed E-state index contributed by atoms with van der Waals surface area (Å²) in [5.74, 6) is 2.40. The Hall–Kier alpha value is -0.630. The maximum absolute atomic E-state index is 5.85. The van der Waals surface area contributed by atoms with Crippen molar-refractivity contribution in [2.75, 3.05) is 12.4 Å². The maximum atomic E-state index is 5.85. The molecule has 0 aliphatic heterocycles. The minimum atomic E-state index is 0.493. The van der Waals surface area contributed by atoms with E-state index in [1.165, 1.54) is 16.7 Å². The molecule has 0 amide bonds. The van der Waals surface area contributed by atoms with Crippen LogP contribution < -0.4 is 4.74 Å². The molecule has 0 aromatic heterocycles. The fourth-order valence-electron chi connectivity index (χ4n) is 1.43. The van der Waals surface area contributed by atoms with Gasteiger partial charge in [-0.2, -0.15) is 12.6 Å². The van der Waals surface area contributed by atoms with Crippen LogP contribution in [0, 0.1) is 26.7 Å². The first-order chi connectivity index (χ1) is 7.06. The highest BCUT2D eigenvalue weighted by Crippen LogP contribution is 2.26. The Morgan fingerprint density at radius 2 is 1.80 bits per heavy atom. The van der Waals surface area contributed by atoms with Crippen LogP contribution in [0.5, 0.6) is 5.75 Å². The normalized spacial score (nSPS) is 12.6. The zero-order valence-electron chi connectivity index (χ0n) is 10.0. The van der Waals surface area contributed by atoms with E-state index in [1.807, 2.05) is 0 Å². The quantitative estimate of drug-likeness (QED) is 0.769. The van der Waals surface area contributed by atoms with Crippen LogP contribution >= 0.6 is 12.6 Å². The molecule has 1 atom stereocenters. The molecule has 0 fully saturated rings. The number of aryl methyl sites for hydroxylation is 2. The van der Waals surface area contributed by atoms with Crippen molar-refractivity contribution in [2.24, 2.45) is 5.92 Å². The second-order valence-electron chi connectivity index (χ2n) is 4.25. The highest BCUT2D eigenvalue weighted by atomic mass is 32.1. The molecule has 1 unspecified atom stereocenters. The van der Waals surface area contributed by atoms with Crippen molar-refractivity contribution in [1.29, 1.82) is 0 Å². The van der Waals surface area contributed by atoms with Crippen LogP contribution in [0.2, 0.25) is 0 Å². The average Bonchev–Trinajstić information content (AvgIpc) is 2.23. The van der Waals surface area contributed by atoms with Gasteiger partial charge in [-0.3, -0.25) is 0 Å². The number of rotatable bonds is 4. The van der Waals surface area contributed by atoms with Gasteiger partial charge in [0.25, 0.3) is 0 Å². The molecule has 2 heteroatoms. The second-order valence-corrected chi connectivity index (χ2v) is 4.62. The molecule has 0 N–H and O–H groups in total. The minimum absolute atomic E-state index is 0.493. The minimum Gasteiger partial charge on any atom is -0.493 e. The Morgan fingerprint density at radius 1 is 1.20 bits per heavy atom. The van der Waals surface area contributed by atoms with Gasteiger partial charge >= 0.3 is 0 Å². The Kier molecular flexibility index (Phi) is 4.52. The Balaban J connectivity index is 2.80. The molecule has 15 heavy (non-hydrogen) atoms. The zero-order valence-corrected chi connectivity index (χ0v) is 10.9. The predicted octanol–water partition coefficient (Wildman–Crippen LogP) is 3.56. The standard InChI is InChI=1S/C13H20OS/c1-9(8-15)7-14-13-11(3)6-5-10(2)12(13)4/h5-6,9,15H,7-8H2,1-4H3. The summed E-state index contributed by atoms with van der Waals surface area (Å²) >= 11 is 4.25. The van der Waals surface area contributed by atoms with E-state index in [0.717, 1.165) is 18.1 Å². The highest BCUT2D eigenvalue weighted by molar-refractivity contribution is 7.80. The third kappa shape index (κ3) is 3.16. The van der Waals surface area contributed by atoms with E-state index in [-0.39, 0.29) is 0 Å². The summed E-state index contributed by atoms with van der Waals surface area (Å²) in [5, 5.41) is 0. The van der Waals surface area contributed by atoms with E-state index in [9.17, 15) is 0 Å². The van der Waals surface area contributed by atoms with E-state index in [0.29, 0.717) is 5.92 Å². The van der Waals surface area contributed by atoms with Gasteiger partial charge in [0.05, 0.1) is 6.61 Å². The van der Waals surface area contributed by atoms with Gasteiger partial charge in [0.1, 0.15) is 5.75 Å². The van der Waals surface area contributed by atoms with Crippen molar-refractivity contribution in [3.8, 4) is 5.75 Å². The van der Waals surface area contributed by atoms with Crippen molar-refractivity contribution in [3.05, 3.63) is 28.8 Å². The summed E-state index contributed by atoms with van der Waals surface area (Å²) in [6.07, 6.45) is 0. The van der Waals surface area contributed by atoms with E-state index >= 15 is 0 Å². The summed E-state index contributed by atoms with van der Waals surface area (Å²) in [7, 11) is 0. The van der Waals surface area contributed by atoms with Gasteiger partial charge in [0.2, 0.25) is 0 Å². The maximum Gasteiger partial charge on any atom is 0.125 e. The van der Waals surface area contributed by atoms with Gasteiger partial charge in [-0.1, -0.05) is 19.1 Å². The molecular formula is C13H20OS. The van der Waals surface area contributed by atoms with Crippen LogP contribution in [0.3, 0.4) is 0 Å². The van der Waals surface area contributed by atoms with Crippen LogP contribution in [-0.4, -0.2) is 12.4 Å². The van der Waals surface area contributed by atoms with Crippen molar-refractivity contribution < 1.29 is 4.74 Å². The second kappa shape index (κ2) is 5.45. The molecule has 0 saturated carbocycles. The molecule has 1 aromatic carbocycles. The number of thiol groups is 1. The van der Waals surface area contributed by atoms with E-state index < -0.39 is 0 Å². The predicted molar refractivity (Wildman–Crippen MR) is 69.2 cm³/mol. The first kappa shape index (κ1) is 12.4. The highest BCUT2D eigenvalue weighted by Gasteiger charge is 2.07. The summed E-state index contributed by atoms with van der Waals surface area (Å²) in [5.41, 5.74) is 3.75. The first-order valence-corrected chi connectivity index (χ1v) is 6.00. The van der Waals surface area contributed by atoms with Gasteiger partial charge in [-0.25, -0.2) is 0 Å². The van der Waals surface area contributed by atoms with Crippen LogP contribution in [0.4, 0.5) is 0 Å². The van der Waals surface area contributed by atoms with Crippen molar-refractivity contribution in [2.45, 2.75) is 27.7 Å². The smallest absolute Gasteiger partial charge is 0.125 e. The molecule has 0 spiro atoms. The van der Waals surface area contributed by atoms with Crippen LogP contribution in [-0.2, 0) is 0 Å². The molecule has 84 valence electrons. The van der Waals surface area contributed by atoms with E-state index in [1.54, 1.807) is 0 Å². The van der Waals surface area contributed by atoms with E-state index in [2.05, 4.69) is 52.5 Å². The Labute approximate surface area is 98.3 Å². The van der Waals surface area contributed by atoms with Crippen LogP contribution in [0.25, 0.3) is 0 Å². The molecule has 0 radical (unpaired) electrons. The van der Waals surface area contributed by atoms with Crippen LogP contribution in [0.15, 0.2) is 12.1 Å². The molecule has 0 saturated heterocycles. The Morgan fingerprint density at radius 3 is 2.40 bits per heavy atom. The lowest BCUT2D eigenvalue weighted by Gasteiger charge is -2.16. The Bertz CT molecular complexity index is 334. The summed E-state index contributed by atoms with van der Waals surface area (Å²) in [6.45, 7) is 9.21. The lowest BCUT2D eigenvalue weighted by molar-refractivity contribution is 0.270. The summed E-state index contributed by atoms with van der Waals surface area (Å²) < 4.78 is 5.85. The molecule has 0 bridgehead atoms. The van der Waals surface area contributed by atoms with Crippen LogP contribution in [0.1, 0.15) is 23.6 Å². The number of hydrogen-bond acceptors (Lipinski definition) is 2. The molecule has 1 aromatic rings. The molecule has 1 rings (SSSR count). The number of ether oxygens (including phenoxy) is 1.